The average molecular weight is 113 g/mol. The summed E-state index contributed by atoms with van der Waals surface area (Å²) in [5.41, 5.74) is 0. The minimum Gasteiger partial charge on any atom is -0.320 e. The summed E-state index contributed by atoms with van der Waals surface area (Å²) in [4.78, 5) is 0. The number of hydrogen-bond acceptors (Lipinski definition) is 4. The Morgan fingerprint density at radius 1 is 1.62 bits per heavy atom. The highest BCUT2D eigenvalue weighted by atomic mass is 16.5. The number of aromatic nitrogens is 3. The van der Waals surface area contributed by atoms with Gasteiger partial charge in [0.25, 0.3) is 0 Å². The van der Waals surface area contributed by atoms with Gasteiger partial charge in [-0.3, -0.25) is 0 Å². The average Bonchev–Trinajstić information content (AvgIpc) is 2.19. The molecule has 0 saturated carbocycles. The van der Waals surface area contributed by atoms with Crippen LogP contribution in [-0.2, 0) is 6.42 Å². The van der Waals surface area contributed by atoms with E-state index in [1.165, 1.54) is 0 Å². The maximum atomic E-state index is 4.60. The van der Waals surface area contributed by atoms with Crippen molar-refractivity contribution in [1.29, 1.82) is 0 Å². The summed E-state index contributed by atoms with van der Waals surface area (Å²) in [7, 11) is 0. The van der Waals surface area contributed by atoms with Crippen LogP contribution in [0.4, 0.5) is 0 Å². The Labute approximate surface area is 46.9 Å². The number of hydrogen-bond donors (Lipinski definition) is 0. The second-order valence-electron chi connectivity index (χ2n) is 1.51. The quantitative estimate of drug-likeness (QED) is 0.557. The van der Waals surface area contributed by atoms with Crippen LogP contribution in [0.15, 0.2) is 4.52 Å². The van der Waals surface area contributed by atoms with Gasteiger partial charge in [0.05, 0.1) is 5.27 Å². The lowest BCUT2D eigenvalue weighted by Crippen LogP contribution is -1.80. The molecule has 0 radical (unpaired) electrons. The molecule has 44 valence electrons. The van der Waals surface area contributed by atoms with Crippen molar-refractivity contribution >= 4 is 0 Å². The summed E-state index contributed by atoms with van der Waals surface area (Å²) in [6.45, 7) is 2.05. The third-order valence-electron chi connectivity index (χ3n) is 0.803. The van der Waals surface area contributed by atoms with Crippen molar-refractivity contribution in [3.63, 3.8) is 0 Å². The predicted octanol–water partition coefficient (Wildman–Crippen LogP) is 0.417. The molecule has 0 atom stereocenters. The fourth-order valence-electron chi connectivity index (χ4n) is 0.461. The molecular formula is C4H7N3O. The molecular weight excluding hydrogens is 106 g/mol. The largest absolute Gasteiger partial charge is 0.320 e. The Morgan fingerprint density at radius 3 is 3.00 bits per heavy atom. The van der Waals surface area contributed by atoms with Crippen LogP contribution in [-0.4, -0.2) is 15.6 Å². The van der Waals surface area contributed by atoms with E-state index in [9.17, 15) is 0 Å². The maximum Gasteiger partial charge on any atom is 0.248 e. The van der Waals surface area contributed by atoms with Crippen molar-refractivity contribution in [2.75, 3.05) is 0 Å². The van der Waals surface area contributed by atoms with E-state index in [2.05, 4.69) is 20.1 Å². The highest BCUT2D eigenvalue weighted by Gasteiger charge is 1.94. The Hall–Kier alpha value is -0.930. The van der Waals surface area contributed by atoms with Crippen molar-refractivity contribution in [3.05, 3.63) is 5.89 Å². The number of nitrogens with zero attached hydrogens (tertiary/aromatic N) is 3. The molecule has 1 aromatic rings. The molecule has 4 heteroatoms. The molecule has 1 rings (SSSR count). The van der Waals surface area contributed by atoms with E-state index in [1.807, 2.05) is 6.92 Å². The van der Waals surface area contributed by atoms with Crippen LogP contribution in [0.3, 0.4) is 0 Å². The molecule has 0 bridgehead atoms. The van der Waals surface area contributed by atoms with Crippen molar-refractivity contribution in [3.8, 4) is 0 Å². The lowest BCUT2D eigenvalue weighted by Gasteiger charge is -1.79. The standard InChI is InChI=1S/C4H7N3O/c1-2-3-4-5-6-7-8-4/h2-3H2,1H3. The van der Waals surface area contributed by atoms with Gasteiger partial charge in [-0.1, -0.05) is 12.0 Å². The zero-order chi connectivity index (χ0) is 5.82. The minimum absolute atomic E-state index is 0.618. The molecule has 0 aromatic carbocycles. The number of aryl methyl sites for hydroxylation is 1. The Kier molecular flexibility index (Phi) is 1.56. The highest BCUT2D eigenvalue weighted by molar-refractivity contribution is 4.67. The predicted molar refractivity (Wildman–Crippen MR) is 26.1 cm³/mol. The molecule has 1 heterocycles. The van der Waals surface area contributed by atoms with Gasteiger partial charge in [-0.15, -0.1) is 0 Å². The smallest absolute Gasteiger partial charge is 0.248 e. The molecule has 0 unspecified atom stereocenters. The van der Waals surface area contributed by atoms with Gasteiger partial charge < -0.3 is 4.52 Å². The fourth-order valence-corrected chi connectivity index (χ4v) is 0.461. The van der Waals surface area contributed by atoms with Gasteiger partial charge >= 0.3 is 0 Å². The third kappa shape index (κ3) is 1.02. The molecule has 8 heavy (non-hydrogen) atoms. The summed E-state index contributed by atoms with van der Waals surface area (Å²) in [6, 6.07) is 0. The molecule has 1 aromatic heterocycles. The molecule has 0 aliphatic carbocycles. The lowest BCUT2D eigenvalue weighted by atomic mass is 10.3. The summed E-state index contributed by atoms with van der Waals surface area (Å²) in [5.74, 6) is 0.618. The zero-order valence-corrected chi connectivity index (χ0v) is 4.66. The van der Waals surface area contributed by atoms with Gasteiger partial charge in [-0.25, -0.2) is 0 Å². The monoisotopic (exact) mass is 113 g/mol. The van der Waals surface area contributed by atoms with Gasteiger partial charge in [0.15, 0.2) is 0 Å². The zero-order valence-electron chi connectivity index (χ0n) is 4.66. The molecule has 0 amide bonds. The van der Waals surface area contributed by atoms with E-state index in [4.69, 9.17) is 0 Å². The fraction of sp³-hybridized carbons (Fsp3) is 0.750. The van der Waals surface area contributed by atoms with E-state index >= 15 is 0 Å². The maximum absolute atomic E-state index is 4.60. The first-order valence-corrected chi connectivity index (χ1v) is 2.57. The van der Waals surface area contributed by atoms with Gasteiger partial charge in [0.1, 0.15) is 0 Å². The summed E-state index contributed by atoms with van der Waals surface area (Å²) >= 11 is 0. The normalized spacial score (nSPS) is 9.62. The molecule has 0 aliphatic rings. The van der Waals surface area contributed by atoms with Crippen LogP contribution in [0.25, 0.3) is 0 Å². The van der Waals surface area contributed by atoms with Crippen LogP contribution >= 0.6 is 0 Å². The van der Waals surface area contributed by atoms with E-state index in [-0.39, 0.29) is 0 Å². The highest BCUT2D eigenvalue weighted by Crippen LogP contribution is 1.92. The summed E-state index contributed by atoms with van der Waals surface area (Å²) in [5, 5.41) is 10.1. The Morgan fingerprint density at radius 2 is 2.50 bits per heavy atom. The molecule has 0 saturated heterocycles. The van der Waals surface area contributed by atoms with Gasteiger partial charge in [-0.2, -0.15) is 0 Å². The van der Waals surface area contributed by atoms with Crippen molar-refractivity contribution in [1.82, 2.24) is 15.6 Å². The first-order chi connectivity index (χ1) is 3.93. The van der Waals surface area contributed by atoms with E-state index in [1.54, 1.807) is 0 Å². The Bertz CT molecular complexity index is 137. The first kappa shape index (κ1) is 5.21. The summed E-state index contributed by atoms with van der Waals surface area (Å²) < 4.78 is 4.60. The minimum atomic E-state index is 0.618. The van der Waals surface area contributed by atoms with Crippen LogP contribution in [0.5, 0.6) is 0 Å². The van der Waals surface area contributed by atoms with E-state index < -0.39 is 0 Å². The summed E-state index contributed by atoms with van der Waals surface area (Å²) in [6.07, 6.45) is 1.84. The molecule has 4 nitrogen and oxygen atoms in total. The third-order valence-corrected chi connectivity index (χ3v) is 0.803. The molecule has 0 fully saturated rings. The molecule has 0 spiro atoms. The van der Waals surface area contributed by atoms with Crippen molar-refractivity contribution in [2.24, 2.45) is 0 Å². The SMILES string of the molecule is CCCc1nnno1. The van der Waals surface area contributed by atoms with Gasteiger partial charge in [0.2, 0.25) is 5.89 Å². The van der Waals surface area contributed by atoms with Crippen LogP contribution in [0, 0.1) is 0 Å². The van der Waals surface area contributed by atoms with Crippen molar-refractivity contribution < 1.29 is 4.52 Å². The molecule has 0 aliphatic heterocycles. The van der Waals surface area contributed by atoms with E-state index in [0.717, 1.165) is 12.8 Å². The molecule has 0 N–H and O–H groups in total. The topological polar surface area (TPSA) is 51.8 Å². The Balaban J connectivity index is 2.50. The number of rotatable bonds is 2. The van der Waals surface area contributed by atoms with Crippen LogP contribution in [0.2, 0.25) is 0 Å². The lowest BCUT2D eigenvalue weighted by molar-refractivity contribution is 0.360. The second-order valence-corrected chi connectivity index (χ2v) is 1.51. The van der Waals surface area contributed by atoms with Crippen molar-refractivity contribution in [2.45, 2.75) is 19.8 Å². The first-order valence-electron chi connectivity index (χ1n) is 2.57. The van der Waals surface area contributed by atoms with E-state index in [0.29, 0.717) is 5.89 Å². The van der Waals surface area contributed by atoms with Crippen LogP contribution < -0.4 is 0 Å². The second kappa shape index (κ2) is 2.40. The van der Waals surface area contributed by atoms with Gasteiger partial charge in [0, 0.05) is 6.42 Å². The van der Waals surface area contributed by atoms with Gasteiger partial charge in [-0.05, 0) is 11.6 Å². The van der Waals surface area contributed by atoms with Crippen LogP contribution in [0.1, 0.15) is 19.2 Å².